The van der Waals surface area contributed by atoms with Gasteiger partial charge in [-0.1, -0.05) is 0 Å². The Balaban J connectivity index is 2.63. The van der Waals surface area contributed by atoms with Crippen molar-refractivity contribution >= 4 is 18.0 Å². The van der Waals surface area contributed by atoms with Crippen LogP contribution in [0.5, 0.6) is 0 Å². The second kappa shape index (κ2) is 9.58. The van der Waals surface area contributed by atoms with Gasteiger partial charge in [-0.05, 0) is 41.5 Å². The Morgan fingerprint density at radius 2 is 1.54 bits per heavy atom. The summed E-state index contributed by atoms with van der Waals surface area (Å²) in [6.07, 6.45) is 1.28. The summed E-state index contributed by atoms with van der Waals surface area (Å²) in [6, 6.07) is 0. The van der Waals surface area contributed by atoms with Crippen molar-refractivity contribution in [1.82, 2.24) is 5.32 Å². The SMILES string of the molecule is CC(C)(C)OC(=O)C[N+]1(CCCNC(=O)OC(C)(C)C)CCC(C(=O)O)CC1. The third-order valence-electron chi connectivity index (χ3n) is 4.62. The van der Waals surface area contributed by atoms with Crippen LogP contribution in [0.4, 0.5) is 4.79 Å². The van der Waals surface area contributed by atoms with Crippen LogP contribution in [0.2, 0.25) is 0 Å². The van der Waals surface area contributed by atoms with Crippen molar-refractivity contribution in [3.05, 3.63) is 0 Å². The van der Waals surface area contributed by atoms with Gasteiger partial charge in [0.25, 0.3) is 0 Å². The van der Waals surface area contributed by atoms with Crippen LogP contribution in [0.3, 0.4) is 0 Å². The highest BCUT2D eigenvalue weighted by Gasteiger charge is 2.39. The number of aliphatic carboxylic acids is 1. The van der Waals surface area contributed by atoms with E-state index in [0.29, 0.717) is 49.9 Å². The number of nitrogens with one attached hydrogen (secondary N) is 1. The number of carbonyl (C=O) groups is 3. The maximum Gasteiger partial charge on any atom is 0.407 e. The quantitative estimate of drug-likeness (QED) is 0.386. The zero-order valence-electron chi connectivity index (χ0n) is 18.2. The lowest BCUT2D eigenvalue weighted by Crippen LogP contribution is -2.57. The number of nitrogens with zero attached hydrogens (tertiary/aromatic N) is 1. The summed E-state index contributed by atoms with van der Waals surface area (Å²) in [5.41, 5.74) is -1.11. The Morgan fingerprint density at radius 1 is 1.00 bits per heavy atom. The summed E-state index contributed by atoms with van der Waals surface area (Å²) in [7, 11) is 0. The number of piperidine rings is 1. The third-order valence-corrected chi connectivity index (χ3v) is 4.62. The Hall–Kier alpha value is -1.83. The van der Waals surface area contributed by atoms with Gasteiger partial charge in [-0.15, -0.1) is 0 Å². The van der Waals surface area contributed by atoms with Crippen molar-refractivity contribution in [2.24, 2.45) is 5.92 Å². The van der Waals surface area contributed by atoms with Gasteiger partial charge in [0.05, 0.1) is 25.6 Å². The van der Waals surface area contributed by atoms with Gasteiger partial charge in [0, 0.05) is 25.8 Å². The normalized spacial score (nSPS) is 23.0. The van der Waals surface area contributed by atoms with Crippen LogP contribution in [0.15, 0.2) is 0 Å². The number of carboxylic acid groups (broad SMARTS) is 1. The van der Waals surface area contributed by atoms with Gasteiger partial charge in [0.15, 0.2) is 6.54 Å². The number of quaternary nitrogens is 1. The average molecular weight is 402 g/mol. The van der Waals surface area contributed by atoms with Crippen LogP contribution in [-0.2, 0) is 19.1 Å². The van der Waals surface area contributed by atoms with E-state index in [-0.39, 0.29) is 18.4 Å². The van der Waals surface area contributed by atoms with E-state index in [1.165, 1.54) is 0 Å². The fourth-order valence-corrected chi connectivity index (χ4v) is 3.39. The van der Waals surface area contributed by atoms with Crippen molar-refractivity contribution in [2.45, 2.75) is 72.0 Å². The van der Waals surface area contributed by atoms with E-state index in [1.54, 1.807) is 20.8 Å². The first-order valence-electron chi connectivity index (χ1n) is 9.98. The molecule has 162 valence electrons. The number of ether oxygens (including phenoxy) is 2. The van der Waals surface area contributed by atoms with Gasteiger partial charge in [-0.2, -0.15) is 0 Å². The molecular weight excluding hydrogens is 364 g/mol. The number of carbonyl (C=O) groups excluding carboxylic acids is 2. The molecule has 0 atom stereocenters. The second-order valence-electron chi connectivity index (χ2n) is 9.65. The fraction of sp³-hybridized carbons (Fsp3) is 0.850. The molecule has 0 aromatic carbocycles. The lowest BCUT2D eigenvalue weighted by atomic mass is 9.94. The molecule has 0 aliphatic carbocycles. The fourth-order valence-electron chi connectivity index (χ4n) is 3.39. The molecule has 1 rings (SSSR count). The van der Waals surface area contributed by atoms with Crippen LogP contribution < -0.4 is 5.32 Å². The minimum absolute atomic E-state index is 0.218. The minimum Gasteiger partial charge on any atom is -0.481 e. The number of esters is 1. The van der Waals surface area contributed by atoms with Gasteiger partial charge in [0.2, 0.25) is 0 Å². The van der Waals surface area contributed by atoms with E-state index in [0.717, 1.165) is 0 Å². The van der Waals surface area contributed by atoms with Gasteiger partial charge >= 0.3 is 18.0 Å². The Morgan fingerprint density at radius 3 is 2.00 bits per heavy atom. The topological polar surface area (TPSA) is 102 Å². The summed E-state index contributed by atoms with van der Waals surface area (Å²) in [4.78, 5) is 35.4. The van der Waals surface area contributed by atoms with E-state index in [1.807, 2.05) is 20.8 Å². The molecule has 0 aromatic rings. The van der Waals surface area contributed by atoms with Crippen molar-refractivity contribution < 1.29 is 33.4 Å². The average Bonchev–Trinajstić information content (AvgIpc) is 2.48. The predicted octanol–water partition coefficient (Wildman–Crippen LogP) is 2.55. The van der Waals surface area contributed by atoms with Crippen LogP contribution in [0, 0.1) is 5.92 Å². The van der Waals surface area contributed by atoms with Crippen molar-refractivity contribution in [3.63, 3.8) is 0 Å². The number of hydrogen-bond acceptors (Lipinski definition) is 5. The van der Waals surface area contributed by atoms with Crippen LogP contribution in [0.25, 0.3) is 0 Å². The lowest BCUT2D eigenvalue weighted by molar-refractivity contribution is -0.926. The summed E-state index contributed by atoms with van der Waals surface area (Å²) in [6.45, 7) is 13.5. The molecule has 28 heavy (non-hydrogen) atoms. The molecule has 0 spiro atoms. The summed E-state index contributed by atoms with van der Waals surface area (Å²) >= 11 is 0. The Labute approximate surface area is 168 Å². The largest absolute Gasteiger partial charge is 0.481 e. The van der Waals surface area contributed by atoms with E-state index in [4.69, 9.17) is 9.47 Å². The maximum absolute atomic E-state index is 12.4. The molecule has 0 radical (unpaired) electrons. The molecule has 0 bridgehead atoms. The molecule has 1 aliphatic heterocycles. The lowest BCUT2D eigenvalue weighted by Gasteiger charge is -2.42. The first kappa shape index (κ1) is 24.2. The predicted molar refractivity (Wildman–Crippen MR) is 105 cm³/mol. The third kappa shape index (κ3) is 9.39. The molecule has 2 N–H and O–H groups in total. The molecule has 1 fully saturated rings. The monoisotopic (exact) mass is 401 g/mol. The zero-order valence-corrected chi connectivity index (χ0v) is 18.2. The molecule has 1 aliphatic rings. The molecule has 0 saturated carbocycles. The first-order valence-corrected chi connectivity index (χ1v) is 9.98. The van der Waals surface area contributed by atoms with Crippen LogP contribution in [0.1, 0.15) is 60.8 Å². The first-order chi connectivity index (χ1) is 12.7. The van der Waals surface area contributed by atoms with Crippen molar-refractivity contribution in [2.75, 3.05) is 32.7 Å². The molecule has 0 aromatic heterocycles. The Bertz CT molecular complexity index is 554. The van der Waals surface area contributed by atoms with E-state index in [2.05, 4.69) is 5.32 Å². The number of amides is 1. The molecule has 1 heterocycles. The minimum atomic E-state index is -0.776. The number of hydrogen-bond donors (Lipinski definition) is 2. The Kier molecular flexibility index (Phi) is 8.29. The molecule has 8 nitrogen and oxygen atoms in total. The summed E-state index contributed by atoms with van der Waals surface area (Å²) in [5, 5.41) is 12.0. The van der Waals surface area contributed by atoms with Gasteiger partial charge in [-0.3, -0.25) is 4.79 Å². The standard InChI is InChI=1S/C20H36N2O6/c1-19(2,3)27-16(23)14-22(12-8-15(9-13-22)17(24)25)11-7-10-21-18(26)28-20(4,5)6/h15H,7-14H2,1-6H3,(H-,21,24,25,26)/p+1. The van der Waals surface area contributed by atoms with Gasteiger partial charge in [0.1, 0.15) is 11.2 Å². The maximum atomic E-state index is 12.4. The number of alkyl carbamates (subject to hydrolysis) is 1. The molecule has 0 unspecified atom stereocenters. The molecule has 1 amide bonds. The van der Waals surface area contributed by atoms with Gasteiger partial charge in [-0.25, -0.2) is 9.59 Å². The van der Waals surface area contributed by atoms with E-state index in [9.17, 15) is 19.5 Å². The smallest absolute Gasteiger partial charge is 0.407 e. The molecule has 1 saturated heterocycles. The van der Waals surface area contributed by atoms with Crippen molar-refractivity contribution in [3.8, 4) is 0 Å². The summed E-state index contributed by atoms with van der Waals surface area (Å²) in [5.74, 6) is -1.41. The number of likely N-dealkylation sites (tertiary alicyclic amines) is 1. The van der Waals surface area contributed by atoms with Crippen LogP contribution >= 0.6 is 0 Å². The number of carboxylic acids is 1. The van der Waals surface area contributed by atoms with Gasteiger partial charge < -0.3 is 24.4 Å². The molecular formula is C20H37N2O6+. The second-order valence-corrected chi connectivity index (χ2v) is 9.65. The highest BCUT2D eigenvalue weighted by atomic mass is 16.6. The highest BCUT2D eigenvalue weighted by molar-refractivity contribution is 5.71. The number of rotatable bonds is 7. The van der Waals surface area contributed by atoms with Crippen molar-refractivity contribution in [1.29, 1.82) is 0 Å². The van der Waals surface area contributed by atoms with Crippen LogP contribution in [-0.4, -0.2) is 71.5 Å². The molecule has 8 heteroatoms. The van der Waals surface area contributed by atoms with E-state index < -0.39 is 23.3 Å². The zero-order chi connectivity index (χ0) is 21.6. The highest BCUT2D eigenvalue weighted by Crippen LogP contribution is 2.25. The van der Waals surface area contributed by atoms with E-state index >= 15 is 0 Å². The summed E-state index contributed by atoms with van der Waals surface area (Å²) < 4.78 is 11.2.